The molecule has 0 unspecified atom stereocenters. The number of halogens is 1. The van der Waals surface area contributed by atoms with Gasteiger partial charge in [0.2, 0.25) is 0 Å². The summed E-state index contributed by atoms with van der Waals surface area (Å²) < 4.78 is 5.28. The third kappa shape index (κ3) is 8.98. The molecule has 0 fully saturated rings. The largest absolute Gasteiger partial charge is 0.467 e. The lowest BCUT2D eigenvalue weighted by atomic mass is 10.4. The van der Waals surface area contributed by atoms with E-state index in [1.165, 1.54) is 6.42 Å². The van der Waals surface area contributed by atoms with Crippen molar-refractivity contribution in [2.75, 3.05) is 32.7 Å². The molecule has 2 N–H and O–H groups in total. The zero-order valence-corrected chi connectivity index (χ0v) is 15.7. The number of guanidine groups is 1. The van der Waals surface area contributed by atoms with Gasteiger partial charge in [0.1, 0.15) is 12.3 Å². The molecule has 1 aromatic heterocycles. The molecule has 0 aliphatic carbocycles. The summed E-state index contributed by atoms with van der Waals surface area (Å²) in [5.74, 6) is 1.72. The van der Waals surface area contributed by atoms with Crippen LogP contribution >= 0.6 is 24.0 Å². The van der Waals surface area contributed by atoms with Crippen LogP contribution in [0.5, 0.6) is 0 Å². The van der Waals surface area contributed by atoms with E-state index in [1.54, 1.807) is 6.26 Å². The summed E-state index contributed by atoms with van der Waals surface area (Å²) in [6.07, 6.45) is 2.87. The zero-order chi connectivity index (χ0) is 14.6. The van der Waals surface area contributed by atoms with Crippen molar-refractivity contribution in [3.05, 3.63) is 24.2 Å². The van der Waals surface area contributed by atoms with Gasteiger partial charge in [-0.3, -0.25) is 0 Å². The van der Waals surface area contributed by atoms with Crippen molar-refractivity contribution >= 4 is 29.9 Å². The smallest absolute Gasteiger partial charge is 0.191 e. The van der Waals surface area contributed by atoms with Gasteiger partial charge in [-0.05, 0) is 38.6 Å². The predicted octanol–water partition coefficient (Wildman–Crippen LogP) is 2.68. The molecule has 0 aliphatic rings. The van der Waals surface area contributed by atoms with Gasteiger partial charge >= 0.3 is 0 Å². The molecule has 122 valence electrons. The van der Waals surface area contributed by atoms with Crippen LogP contribution in [-0.2, 0) is 6.54 Å². The SMILES string of the molecule is CCCN(CC)CCNC(=NCc1ccco1)NCC.I. The monoisotopic (exact) mass is 408 g/mol. The van der Waals surface area contributed by atoms with E-state index in [4.69, 9.17) is 4.42 Å². The van der Waals surface area contributed by atoms with Gasteiger partial charge in [-0.2, -0.15) is 0 Å². The molecule has 0 aliphatic heterocycles. The van der Waals surface area contributed by atoms with Gasteiger partial charge < -0.3 is 20.0 Å². The van der Waals surface area contributed by atoms with Crippen LogP contribution < -0.4 is 10.6 Å². The third-order valence-electron chi connectivity index (χ3n) is 3.02. The lowest BCUT2D eigenvalue weighted by Crippen LogP contribution is -2.41. The highest BCUT2D eigenvalue weighted by molar-refractivity contribution is 14.0. The molecule has 5 nitrogen and oxygen atoms in total. The average molecular weight is 408 g/mol. The second-order valence-electron chi connectivity index (χ2n) is 4.64. The molecule has 1 aromatic rings. The van der Waals surface area contributed by atoms with Gasteiger partial charge in [-0.1, -0.05) is 13.8 Å². The number of hydrogen-bond donors (Lipinski definition) is 2. The number of furan rings is 1. The first kappa shape index (κ1) is 20.2. The molecule has 1 rings (SSSR count). The van der Waals surface area contributed by atoms with Crippen LogP contribution in [0.25, 0.3) is 0 Å². The molecule has 0 aromatic carbocycles. The van der Waals surface area contributed by atoms with Crippen molar-refractivity contribution in [2.24, 2.45) is 4.99 Å². The maximum absolute atomic E-state index is 5.28. The first-order valence-electron chi connectivity index (χ1n) is 7.57. The minimum absolute atomic E-state index is 0. The van der Waals surface area contributed by atoms with Crippen LogP contribution in [0.3, 0.4) is 0 Å². The van der Waals surface area contributed by atoms with E-state index in [1.807, 2.05) is 12.1 Å². The zero-order valence-electron chi connectivity index (χ0n) is 13.4. The molecule has 0 saturated carbocycles. The number of hydrogen-bond acceptors (Lipinski definition) is 3. The van der Waals surface area contributed by atoms with Crippen molar-refractivity contribution in [2.45, 2.75) is 33.7 Å². The maximum Gasteiger partial charge on any atom is 0.191 e. The summed E-state index contributed by atoms with van der Waals surface area (Å²) in [7, 11) is 0. The lowest BCUT2D eigenvalue weighted by Gasteiger charge is -2.20. The van der Waals surface area contributed by atoms with E-state index in [0.717, 1.165) is 44.4 Å². The summed E-state index contributed by atoms with van der Waals surface area (Å²) in [6, 6.07) is 3.82. The Morgan fingerprint density at radius 3 is 2.62 bits per heavy atom. The Kier molecular flexibility index (Phi) is 12.5. The molecule has 0 amide bonds. The summed E-state index contributed by atoms with van der Waals surface area (Å²) in [5.41, 5.74) is 0. The van der Waals surface area contributed by atoms with Crippen molar-refractivity contribution < 1.29 is 4.42 Å². The van der Waals surface area contributed by atoms with E-state index < -0.39 is 0 Å². The van der Waals surface area contributed by atoms with Crippen LogP contribution in [-0.4, -0.2) is 43.6 Å². The van der Waals surface area contributed by atoms with E-state index in [-0.39, 0.29) is 24.0 Å². The Labute approximate surface area is 145 Å². The van der Waals surface area contributed by atoms with Crippen LogP contribution in [0.1, 0.15) is 33.0 Å². The molecular formula is C15H29IN4O. The highest BCUT2D eigenvalue weighted by Gasteiger charge is 2.02. The van der Waals surface area contributed by atoms with Crippen molar-refractivity contribution in [3.8, 4) is 0 Å². The lowest BCUT2D eigenvalue weighted by molar-refractivity contribution is 0.293. The van der Waals surface area contributed by atoms with E-state index in [0.29, 0.717) is 6.54 Å². The Morgan fingerprint density at radius 1 is 1.24 bits per heavy atom. The van der Waals surface area contributed by atoms with Crippen LogP contribution in [0.2, 0.25) is 0 Å². The Morgan fingerprint density at radius 2 is 2.05 bits per heavy atom. The molecule has 0 radical (unpaired) electrons. The number of likely N-dealkylation sites (N-methyl/N-ethyl adjacent to an activating group) is 1. The van der Waals surface area contributed by atoms with E-state index in [9.17, 15) is 0 Å². The van der Waals surface area contributed by atoms with Gasteiger partial charge in [-0.25, -0.2) is 4.99 Å². The van der Waals surface area contributed by atoms with E-state index in [2.05, 4.69) is 41.3 Å². The Bertz CT molecular complexity index is 368. The minimum Gasteiger partial charge on any atom is -0.467 e. The molecule has 6 heteroatoms. The summed E-state index contributed by atoms with van der Waals surface area (Å²) >= 11 is 0. The van der Waals surface area contributed by atoms with Gasteiger partial charge in [0.25, 0.3) is 0 Å². The quantitative estimate of drug-likeness (QED) is 0.375. The number of aliphatic imine (C=N–C) groups is 1. The molecule has 0 bridgehead atoms. The second kappa shape index (κ2) is 12.9. The third-order valence-corrected chi connectivity index (χ3v) is 3.02. The fraction of sp³-hybridized carbons (Fsp3) is 0.667. The molecule has 21 heavy (non-hydrogen) atoms. The highest BCUT2D eigenvalue weighted by atomic mass is 127. The van der Waals surface area contributed by atoms with Crippen LogP contribution in [0.4, 0.5) is 0 Å². The fourth-order valence-electron chi connectivity index (χ4n) is 1.98. The van der Waals surface area contributed by atoms with Crippen molar-refractivity contribution in [1.29, 1.82) is 0 Å². The molecule has 0 atom stereocenters. The summed E-state index contributed by atoms with van der Waals surface area (Å²) in [5, 5.41) is 6.61. The van der Waals surface area contributed by atoms with Crippen molar-refractivity contribution in [1.82, 2.24) is 15.5 Å². The topological polar surface area (TPSA) is 52.8 Å². The Balaban J connectivity index is 0.00000400. The standard InChI is InChI=1S/C15H28N4O.HI/c1-4-10-19(6-3)11-9-17-15(16-5-2)18-13-14-8-7-12-20-14;/h7-8,12H,4-6,9-11,13H2,1-3H3,(H2,16,17,18);1H. The van der Waals surface area contributed by atoms with Crippen LogP contribution in [0.15, 0.2) is 27.8 Å². The number of rotatable bonds is 9. The molecule has 1 heterocycles. The molecule has 0 saturated heterocycles. The first-order chi connectivity index (χ1) is 9.80. The normalized spacial score (nSPS) is 11.3. The Hall–Kier alpha value is -0.760. The van der Waals surface area contributed by atoms with Gasteiger partial charge in [0.05, 0.1) is 6.26 Å². The van der Waals surface area contributed by atoms with E-state index >= 15 is 0 Å². The average Bonchev–Trinajstić information content (AvgIpc) is 2.97. The van der Waals surface area contributed by atoms with Gasteiger partial charge in [-0.15, -0.1) is 24.0 Å². The second-order valence-corrected chi connectivity index (χ2v) is 4.64. The minimum atomic E-state index is 0. The summed E-state index contributed by atoms with van der Waals surface area (Å²) in [6.45, 7) is 12.1. The summed E-state index contributed by atoms with van der Waals surface area (Å²) in [4.78, 5) is 6.94. The van der Waals surface area contributed by atoms with Gasteiger partial charge in [0.15, 0.2) is 5.96 Å². The first-order valence-corrected chi connectivity index (χ1v) is 7.57. The highest BCUT2D eigenvalue weighted by Crippen LogP contribution is 2.01. The fourth-order valence-corrected chi connectivity index (χ4v) is 1.98. The van der Waals surface area contributed by atoms with Gasteiger partial charge in [0, 0.05) is 19.6 Å². The predicted molar refractivity (Wildman–Crippen MR) is 99.3 cm³/mol. The number of nitrogens with one attached hydrogen (secondary N) is 2. The molecule has 0 spiro atoms. The number of nitrogens with zero attached hydrogens (tertiary/aromatic N) is 2. The molecular weight excluding hydrogens is 379 g/mol. The maximum atomic E-state index is 5.28. The van der Waals surface area contributed by atoms with Crippen LogP contribution in [0, 0.1) is 0 Å². The van der Waals surface area contributed by atoms with Crippen molar-refractivity contribution in [3.63, 3.8) is 0 Å².